The van der Waals surface area contributed by atoms with Crippen LogP contribution in [0.2, 0.25) is 0 Å². The number of halogens is 2. The van der Waals surface area contributed by atoms with Crippen molar-refractivity contribution in [2.75, 3.05) is 5.32 Å². The fourth-order valence-electron chi connectivity index (χ4n) is 3.93. The molecule has 178 valence electrons. The predicted molar refractivity (Wildman–Crippen MR) is 131 cm³/mol. The molecule has 0 aliphatic rings. The van der Waals surface area contributed by atoms with Crippen molar-refractivity contribution in [3.05, 3.63) is 126 Å². The highest BCUT2D eigenvalue weighted by Crippen LogP contribution is 2.33. The Bertz CT molecular complexity index is 1190. The van der Waals surface area contributed by atoms with Crippen LogP contribution in [0.4, 0.5) is 19.3 Å². The minimum Gasteiger partial charge on any atom is -0.433 e. The van der Waals surface area contributed by atoms with Crippen LogP contribution >= 0.6 is 0 Å². The third kappa shape index (κ3) is 6.20. The molecule has 3 aromatic carbocycles. The molecule has 0 bridgehead atoms. The predicted octanol–water partition coefficient (Wildman–Crippen LogP) is 6.38. The van der Waals surface area contributed by atoms with Crippen molar-refractivity contribution in [3.8, 4) is 5.75 Å². The fourth-order valence-corrected chi connectivity index (χ4v) is 3.93. The summed E-state index contributed by atoms with van der Waals surface area (Å²) in [7, 11) is 0. The molecule has 5 nitrogen and oxygen atoms in total. The number of aromatic nitrogens is 1. The van der Waals surface area contributed by atoms with Crippen molar-refractivity contribution < 1.29 is 18.3 Å². The molecule has 0 aliphatic heterocycles. The zero-order valence-corrected chi connectivity index (χ0v) is 19.1. The summed E-state index contributed by atoms with van der Waals surface area (Å²) in [6.07, 6.45) is -1.14. The number of pyridine rings is 1. The number of amides is 2. The lowest BCUT2D eigenvalue weighted by molar-refractivity contribution is -0.158. The van der Waals surface area contributed by atoms with Crippen LogP contribution in [0.5, 0.6) is 5.75 Å². The lowest BCUT2D eigenvalue weighted by atomic mass is 9.80. The summed E-state index contributed by atoms with van der Waals surface area (Å²) in [5.41, 5.74) is 2.02. The van der Waals surface area contributed by atoms with Crippen molar-refractivity contribution in [1.29, 1.82) is 0 Å². The molecule has 0 radical (unpaired) electrons. The lowest BCUT2D eigenvalue weighted by Crippen LogP contribution is -2.50. The van der Waals surface area contributed by atoms with E-state index >= 15 is 0 Å². The van der Waals surface area contributed by atoms with E-state index in [4.69, 9.17) is 0 Å². The van der Waals surface area contributed by atoms with E-state index < -0.39 is 17.7 Å². The molecule has 2 N–H and O–H groups in total. The van der Waals surface area contributed by atoms with Gasteiger partial charge in [-0.2, -0.15) is 8.78 Å². The number of hydrogen-bond acceptors (Lipinski definition) is 3. The van der Waals surface area contributed by atoms with E-state index in [1.165, 1.54) is 24.3 Å². The Morgan fingerprint density at radius 1 is 0.857 bits per heavy atom. The largest absolute Gasteiger partial charge is 0.433 e. The molecule has 1 heterocycles. The van der Waals surface area contributed by atoms with Crippen LogP contribution in [0.15, 0.2) is 109 Å². The Morgan fingerprint density at radius 3 is 2.09 bits per heavy atom. The lowest BCUT2D eigenvalue weighted by Gasteiger charge is -2.35. The molecule has 4 aromatic rings. The minimum atomic E-state index is -3.29. The minimum absolute atomic E-state index is 0.000321. The topological polar surface area (TPSA) is 63.2 Å². The highest BCUT2D eigenvalue weighted by molar-refractivity contribution is 5.90. The van der Waals surface area contributed by atoms with Gasteiger partial charge in [-0.1, -0.05) is 66.7 Å². The molecular formula is C28H25F2N3O2. The van der Waals surface area contributed by atoms with Crippen molar-refractivity contribution in [2.24, 2.45) is 0 Å². The number of nitrogens with one attached hydrogen (secondary N) is 2. The van der Waals surface area contributed by atoms with Crippen LogP contribution < -0.4 is 15.4 Å². The van der Waals surface area contributed by atoms with Gasteiger partial charge in [0.2, 0.25) is 0 Å². The molecular weight excluding hydrogens is 448 g/mol. The van der Waals surface area contributed by atoms with Gasteiger partial charge in [0.25, 0.3) is 0 Å². The van der Waals surface area contributed by atoms with Crippen molar-refractivity contribution in [3.63, 3.8) is 0 Å². The molecule has 1 aromatic heterocycles. The van der Waals surface area contributed by atoms with Gasteiger partial charge in [-0.25, -0.2) is 4.79 Å². The monoisotopic (exact) mass is 473 g/mol. The van der Waals surface area contributed by atoms with Gasteiger partial charge in [0.15, 0.2) is 0 Å². The number of urea groups is 1. The van der Waals surface area contributed by atoms with Gasteiger partial charge in [0, 0.05) is 25.2 Å². The van der Waals surface area contributed by atoms with Gasteiger partial charge in [-0.05, 0) is 47.5 Å². The van der Waals surface area contributed by atoms with Crippen LogP contribution in [-0.2, 0) is 12.0 Å². The molecule has 0 fully saturated rings. The van der Waals surface area contributed by atoms with Gasteiger partial charge in [0.1, 0.15) is 11.3 Å². The van der Waals surface area contributed by atoms with Crippen LogP contribution in [0.3, 0.4) is 0 Å². The summed E-state index contributed by atoms with van der Waals surface area (Å²) in [5, 5.41) is 5.94. The molecule has 0 saturated carbocycles. The molecule has 1 atom stereocenters. The van der Waals surface area contributed by atoms with E-state index in [1.54, 1.807) is 6.20 Å². The van der Waals surface area contributed by atoms with E-state index in [0.717, 1.165) is 11.1 Å². The van der Waals surface area contributed by atoms with E-state index in [-0.39, 0.29) is 5.75 Å². The first-order valence-electron chi connectivity index (χ1n) is 11.1. The summed E-state index contributed by atoms with van der Waals surface area (Å²) in [6, 6.07) is 30.4. The first-order valence-corrected chi connectivity index (χ1v) is 11.1. The standard InChI is InChI=1S/C28H25F2N3O2/c1-27(29,30)35-24-17-15-23(16-18-24)32-26(34)33-28(22-12-6-3-7-13-22,25-14-8-9-19-31-25)20-21-10-4-2-5-11-21/h2-19H,20H2,1H3,(H2,32,33,34). The number of ether oxygens (including phenoxy) is 1. The number of rotatable bonds is 8. The normalized spacial score (nSPS) is 12.9. The van der Waals surface area contributed by atoms with Crippen LogP contribution in [0.1, 0.15) is 23.7 Å². The Labute approximate surface area is 202 Å². The van der Waals surface area contributed by atoms with Gasteiger partial charge >= 0.3 is 12.1 Å². The molecule has 4 rings (SSSR count). The number of anilines is 1. The highest BCUT2D eigenvalue weighted by Gasteiger charge is 2.37. The molecule has 1 unspecified atom stereocenters. The maximum Gasteiger partial charge on any atom is 0.394 e. The summed E-state index contributed by atoms with van der Waals surface area (Å²) in [6.45, 7) is 0.667. The van der Waals surface area contributed by atoms with Crippen molar-refractivity contribution >= 4 is 11.7 Å². The van der Waals surface area contributed by atoms with Crippen LogP contribution in [-0.4, -0.2) is 17.1 Å². The number of nitrogens with zero attached hydrogens (tertiary/aromatic N) is 1. The molecule has 0 saturated heterocycles. The SMILES string of the molecule is CC(F)(F)Oc1ccc(NC(=O)NC(Cc2ccccc2)(c2ccccc2)c2ccccn2)cc1. The highest BCUT2D eigenvalue weighted by atomic mass is 19.3. The smallest absolute Gasteiger partial charge is 0.394 e. The molecule has 2 amide bonds. The average Bonchev–Trinajstić information content (AvgIpc) is 2.85. The quantitative estimate of drug-likeness (QED) is 0.312. The molecule has 35 heavy (non-hydrogen) atoms. The van der Waals surface area contributed by atoms with Gasteiger partial charge in [-0.15, -0.1) is 0 Å². The van der Waals surface area contributed by atoms with E-state index in [1.807, 2.05) is 78.9 Å². The summed E-state index contributed by atoms with van der Waals surface area (Å²) >= 11 is 0. The van der Waals surface area contributed by atoms with Crippen LogP contribution in [0.25, 0.3) is 0 Å². The molecule has 0 spiro atoms. The van der Waals surface area contributed by atoms with E-state index in [9.17, 15) is 13.6 Å². The Kier molecular flexibility index (Phi) is 7.06. The zero-order chi connectivity index (χ0) is 24.7. The number of carbonyl (C=O) groups excluding carboxylic acids is 1. The average molecular weight is 474 g/mol. The fraction of sp³-hybridized carbons (Fsp3) is 0.143. The second kappa shape index (κ2) is 10.3. The number of carbonyl (C=O) groups is 1. The van der Waals surface area contributed by atoms with Gasteiger partial charge in [-0.3, -0.25) is 4.98 Å². The van der Waals surface area contributed by atoms with Crippen LogP contribution in [0, 0.1) is 0 Å². The number of benzene rings is 3. The molecule has 0 aliphatic carbocycles. The molecule has 7 heteroatoms. The summed E-state index contributed by atoms with van der Waals surface area (Å²) in [5.74, 6) is -0.000321. The summed E-state index contributed by atoms with van der Waals surface area (Å²) < 4.78 is 30.8. The zero-order valence-electron chi connectivity index (χ0n) is 19.1. The second-order valence-electron chi connectivity index (χ2n) is 8.16. The third-order valence-corrected chi connectivity index (χ3v) is 5.42. The van der Waals surface area contributed by atoms with Crippen molar-refractivity contribution in [1.82, 2.24) is 10.3 Å². The van der Waals surface area contributed by atoms with Gasteiger partial charge in [0.05, 0.1) is 5.69 Å². The Hall–Kier alpha value is -4.26. The third-order valence-electron chi connectivity index (χ3n) is 5.42. The Balaban J connectivity index is 1.66. The van der Waals surface area contributed by atoms with Gasteiger partial charge < -0.3 is 15.4 Å². The first-order chi connectivity index (χ1) is 16.8. The van der Waals surface area contributed by atoms with E-state index in [0.29, 0.717) is 24.7 Å². The van der Waals surface area contributed by atoms with Crippen molar-refractivity contribution in [2.45, 2.75) is 25.0 Å². The Morgan fingerprint density at radius 2 is 1.49 bits per heavy atom. The maximum atomic E-state index is 13.3. The first kappa shape index (κ1) is 23.9. The van der Waals surface area contributed by atoms with E-state index in [2.05, 4.69) is 20.4 Å². The number of hydrogen-bond donors (Lipinski definition) is 2. The second-order valence-corrected chi connectivity index (χ2v) is 8.16. The summed E-state index contributed by atoms with van der Waals surface area (Å²) in [4.78, 5) is 17.9. The number of alkyl halides is 2. The maximum absolute atomic E-state index is 13.3.